The molecule has 9 heteroatoms. The van der Waals surface area contributed by atoms with Crippen molar-refractivity contribution in [1.82, 2.24) is 20.1 Å². The molecule has 2 aromatic heterocycles. The zero-order chi connectivity index (χ0) is 25.9. The van der Waals surface area contributed by atoms with Crippen LogP contribution in [0.2, 0.25) is 0 Å². The Labute approximate surface area is 216 Å². The van der Waals surface area contributed by atoms with Crippen LogP contribution in [0.1, 0.15) is 40.9 Å². The van der Waals surface area contributed by atoms with Crippen LogP contribution in [0.25, 0.3) is 16.3 Å². The lowest BCUT2D eigenvalue weighted by atomic mass is 9.98. The quantitative estimate of drug-likeness (QED) is 0.279. The van der Waals surface area contributed by atoms with E-state index in [0.29, 0.717) is 23.2 Å². The molecule has 5 rings (SSSR count). The number of allylic oxidation sites excluding steroid dienone is 2. The van der Waals surface area contributed by atoms with Crippen molar-refractivity contribution in [3.05, 3.63) is 106 Å². The van der Waals surface area contributed by atoms with Crippen LogP contribution in [-0.2, 0) is 11.8 Å². The van der Waals surface area contributed by atoms with E-state index in [9.17, 15) is 13.5 Å². The summed E-state index contributed by atoms with van der Waals surface area (Å²) in [7, 11) is 1.74. The fourth-order valence-electron chi connectivity index (χ4n) is 4.26. The molecule has 1 aliphatic rings. The first-order valence-corrected chi connectivity index (χ1v) is 13.1. The van der Waals surface area contributed by atoms with Gasteiger partial charge in [0, 0.05) is 36.6 Å². The van der Waals surface area contributed by atoms with E-state index in [4.69, 9.17) is 0 Å². The summed E-state index contributed by atoms with van der Waals surface area (Å²) in [6.07, 6.45) is 8.91. The molecule has 2 aromatic carbocycles. The Morgan fingerprint density at radius 1 is 1.08 bits per heavy atom. The Morgan fingerprint density at radius 3 is 2.73 bits per heavy atom. The summed E-state index contributed by atoms with van der Waals surface area (Å²) in [6.45, 7) is 2.00. The highest BCUT2D eigenvalue weighted by Crippen LogP contribution is 2.48. The topological polar surface area (TPSA) is 88.9 Å². The van der Waals surface area contributed by atoms with E-state index in [1.165, 1.54) is 11.6 Å². The number of anilines is 1. The van der Waals surface area contributed by atoms with E-state index in [2.05, 4.69) is 20.7 Å². The number of nitrogens with one attached hydrogen (secondary N) is 2. The summed E-state index contributed by atoms with van der Waals surface area (Å²) in [5.74, 6) is -0.647. The molecule has 2 unspecified atom stereocenters. The average molecular weight is 516 g/mol. The lowest BCUT2D eigenvalue weighted by molar-refractivity contribution is -0.112. The van der Waals surface area contributed by atoms with Crippen LogP contribution in [0.3, 0.4) is 0 Å². The Bertz CT molecular complexity index is 1560. The number of halogens is 1. The first-order valence-electron chi connectivity index (χ1n) is 11.8. The number of pyridine rings is 1. The number of hydrogen-bond acceptors (Lipinski definition) is 4. The highest BCUT2D eigenvalue weighted by molar-refractivity contribution is 8.19. The summed E-state index contributed by atoms with van der Waals surface area (Å²) < 4.78 is 16.4. The molecule has 0 aliphatic carbocycles. The molecule has 3 heterocycles. The van der Waals surface area contributed by atoms with E-state index >= 15 is 0 Å². The van der Waals surface area contributed by atoms with Crippen LogP contribution in [0, 0.1) is 0 Å². The molecule has 7 nitrogen and oxygen atoms in total. The largest absolute Gasteiger partial charge is 0.345 e. The number of hydrogen-bond donors (Lipinski definition) is 3. The molecule has 37 heavy (non-hydrogen) atoms. The van der Waals surface area contributed by atoms with Gasteiger partial charge in [-0.2, -0.15) is 8.98 Å². The van der Waals surface area contributed by atoms with Crippen LogP contribution in [-0.4, -0.2) is 26.6 Å². The van der Waals surface area contributed by atoms with Crippen molar-refractivity contribution >= 4 is 45.1 Å². The Balaban J connectivity index is 1.33. The highest BCUT2D eigenvalue weighted by atomic mass is 32.2. The third kappa shape index (κ3) is 5.31. The molecule has 0 radical (unpaired) electrons. The van der Waals surface area contributed by atoms with Gasteiger partial charge < -0.3 is 10.6 Å². The molecule has 0 bridgehead atoms. The summed E-state index contributed by atoms with van der Waals surface area (Å²) in [5, 5.41) is 13.2. The molecule has 1 aliphatic heterocycles. The second-order valence-corrected chi connectivity index (χ2v) is 10.1. The summed E-state index contributed by atoms with van der Waals surface area (Å²) in [5.41, 5.74) is 3.43. The van der Waals surface area contributed by atoms with Gasteiger partial charge in [-0.15, -0.1) is 0 Å². The zero-order valence-corrected chi connectivity index (χ0v) is 21.2. The minimum Gasteiger partial charge on any atom is -0.345 e. The summed E-state index contributed by atoms with van der Waals surface area (Å²) >= 11 is -2.22. The number of benzene rings is 2. The molecule has 4 aromatic rings. The van der Waals surface area contributed by atoms with E-state index in [0.717, 1.165) is 21.9 Å². The number of carbonyl (C=O) groups is 2. The molecular formula is C28H26FN5O2S. The molecule has 0 saturated carbocycles. The molecule has 0 saturated heterocycles. The van der Waals surface area contributed by atoms with Gasteiger partial charge >= 0.3 is 0 Å². The second-order valence-electron chi connectivity index (χ2n) is 8.78. The summed E-state index contributed by atoms with van der Waals surface area (Å²) in [6, 6.07) is 14.8. The molecule has 188 valence electrons. The van der Waals surface area contributed by atoms with Crippen LogP contribution < -0.4 is 10.6 Å². The van der Waals surface area contributed by atoms with Crippen LogP contribution in [0.5, 0.6) is 0 Å². The number of carbonyl (C=O) groups excluding carboxylic acids is 2. The fraction of sp³-hybridized carbons (Fsp3) is 0.143. The van der Waals surface area contributed by atoms with Gasteiger partial charge in [-0.3, -0.25) is 19.3 Å². The maximum absolute atomic E-state index is 14.9. The van der Waals surface area contributed by atoms with Crippen molar-refractivity contribution < 1.29 is 13.5 Å². The van der Waals surface area contributed by atoms with Crippen molar-refractivity contribution in [2.24, 2.45) is 7.05 Å². The van der Waals surface area contributed by atoms with Gasteiger partial charge in [-0.1, -0.05) is 31.2 Å². The smallest absolute Gasteiger partial charge is 0.263 e. The number of aryl methyl sites for hydroxylation is 1. The first kappa shape index (κ1) is 24.5. The summed E-state index contributed by atoms with van der Waals surface area (Å²) in [4.78, 5) is 29.9. The predicted molar refractivity (Wildman–Crippen MR) is 147 cm³/mol. The zero-order valence-electron chi connectivity index (χ0n) is 20.4. The Kier molecular flexibility index (Phi) is 6.87. The lowest BCUT2D eigenvalue weighted by Gasteiger charge is -2.19. The fourth-order valence-corrected chi connectivity index (χ4v) is 5.38. The van der Waals surface area contributed by atoms with Gasteiger partial charge in [-0.05, 0) is 75.5 Å². The van der Waals surface area contributed by atoms with Crippen molar-refractivity contribution in [2.75, 3.05) is 5.32 Å². The Hall–Kier alpha value is -4.24. The van der Waals surface area contributed by atoms with Gasteiger partial charge in [0.1, 0.15) is 0 Å². The second kappa shape index (κ2) is 10.4. The third-order valence-electron chi connectivity index (χ3n) is 6.21. The van der Waals surface area contributed by atoms with Gasteiger partial charge in [0.2, 0.25) is 0 Å². The minimum atomic E-state index is -2.22. The lowest BCUT2D eigenvalue weighted by Crippen LogP contribution is -2.28. The highest BCUT2D eigenvalue weighted by Gasteiger charge is 2.24. The van der Waals surface area contributed by atoms with Crippen LogP contribution >= 0.6 is 11.3 Å². The Morgan fingerprint density at radius 2 is 1.95 bits per heavy atom. The monoisotopic (exact) mass is 515 g/mol. The number of thiol groups is 1. The average Bonchev–Trinajstić information content (AvgIpc) is 3.51. The van der Waals surface area contributed by atoms with Crippen LogP contribution in [0.15, 0.2) is 89.7 Å². The molecule has 2 amide bonds. The number of fused-ring (bicyclic) bond motifs is 1. The number of nitrogens with zero attached hydrogens (tertiary/aromatic N) is 3. The van der Waals surface area contributed by atoms with Gasteiger partial charge in [0.15, 0.2) is 0 Å². The van der Waals surface area contributed by atoms with E-state index in [1.807, 2.05) is 49.4 Å². The third-order valence-corrected chi connectivity index (χ3v) is 7.51. The maximum Gasteiger partial charge on any atom is 0.263 e. The van der Waals surface area contributed by atoms with E-state index in [1.54, 1.807) is 42.5 Å². The standard InChI is InChI=1S/C28H26FN5O2S/c1-3-25(33-27(35)21-7-8-22-14-30-10-9-19(22)12-21)20-6-4-5-18(11-20)23-13-26(37(29)17-23)28(36)32-24-15-31-34(2)16-24/h4-17,25,37H,3H2,1-2H3,(H,32,36)(H,33,35). The van der Waals surface area contributed by atoms with E-state index in [-0.39, 0.29) is 16.9 Å². The van der Waals surface area contributed by atoms with Gasteiger partial charge in [-0.25, -0.2) is 0 Å². The maximum atomic E-state index is 14.9. The van der Waals surface area contributed by atoms with Crippen molar-refractivity contribution in [2.45, 2.75) is 19.4 Å². The predicted octanol–water partition coefficient (Wildman–Crippen LogP) is 5.61. The van der Waals surface area contributed by atoms with Gasteiger partial charge in [0.05, 0.1) is 22.8 Å². The number of aromatic nitrogens is 3. The molecule has 0 fully saturated rings. The minimum absolute atomic E-state index is 0.103. The molecule has 2 atom stereocenters. The van der Waals surface area contributed by atoms with Gasteiger partial charge in [0.25, 0.3) is 11.8 Å². The van der Waals surface area contributed by atoms with E-state index < -0.39 is 17.2 Å². The normalized spacial score (nSPS) is 16.7. The molecule has 0 spiro atoms. The van der Waals surface area contributed by atoms with Crippen LogP contribution in [0.4, 0.5) is 9.57 Å². The SMILES string of the molecule is CCC(NC(=O)c1ccc2cnccc2c1)c1cccc(C2=C[SH](F)C(C(=O)Nc3cnn(C)c3)=C2)c1. The molecule has 2 N–H and O–H groups in total. The van der Waals surface area contributed by atoms with Crippen molar-refractivity contribution in [3.8, 4) is 0 Å². The first-order chi connectivity index (χ1) is 17.9. The molecular weight excluding hydrogens is 489 g/mol. The number of amides is 2. The van der Waals surface area contributed by atoms with Crippen molar-refractivity contribution in [1.29, 1.82) is 0 Å². The number of rotatable bonds is 7. The van der Waals surface area contributed by atoms with Crippen molar-refractivity contribution in [3.63, 3.8) is 0 Å².